The molecule has 1 saturated heterocycles. The molecule has 6 rings (SSSR count). The number of hydrogen-bond acceptors (Lipinski definition) is 8. The third-order valence-corrected chi connectivity index (χ3v) is 9.77. The highest BCUT2D eigenvalue weighted by Crippen LogP contribution is 2.40. The lowest BCUT2D eigenvalue weighted by Gasteiger charge is -2.38. The van der Waals surface area contributed by atoms with Crippen LogP contribution in [0.5, 0.6) is 5.75 Å². The van der Waals surface area contributed by atoms with Gasteiger partial charge in [0.15, 0.2) is 0 Å². The van der Waals surface area contributed by atoms with E-state index in [1.165, 1.54) is 11.1 Å². The van der Waals surface area contributed by atoms with E-state index in [4.69, 9.17) is 36.8 Å². The fourth-order valence-electron chi connectivity index (χ4n) is 6.71. The van der Waals surface area contributed by atoms with Gasteiger partial charge in [0.1, 0.15) is 18.2 Å². The van der Waals surface area contributed by atoms with Crippen molar-refractivity contribution < 1.29 is 19.4 Å². The van der Waals surface area contributed by atoms with Gasteiger partial charge in [-0.15, -0.1) is 0 Å². The number of piperazine rings is 1. The van der Waals surface area contributed by atoms with Crippen molar-refractivity contribution in [2.45, 2.75) is 52.1 Å². The molecule has 2 aromatic carbocycles. The van der Waals surface area contributed by atoms with Crippen molar-refractivity contribution >= 4 is 29.3 Å². The molecule has 0 unspecified atom stereocenters. The normalized spacial score (nSPS) is 21.9. The zero-order chi connectivity index (χ0) is 30.7. The van der Waals surface area contributed by atoms with Gasteiger partial charge in [-0.3, -0.25) is 9.69 Å². The summed E-state index contributed by atoms with van der Waals surface area (Å²) in [7, 11) is 0. The first-order valence-corrected chi connectivity index (χ1v) is 16.1. The molecular formula is C34H42ClN5O4. The van der Waals surface area contributed by atoms with Crippen molar-refractivity contribution in [1.82, 2.24) is 14.9 Å². The number of nitrogens with zero attached hydrogens (tertiary/aromatic N) is 4. The van der Waals surface area contributed by atoms with Gasteiger partial charge >= 0.3 is 5.97 Å². The number of halogens is 1. The van der Waals surface area contributed by atoms with Gasteiger partial charge in [-0.25, -0.2) is 4.98 Å². The lowest BCUT2D eigenvalue weighted by molar-refractivity contribution is -0.144. The molecule has 234 valence electrons. The number of ether oxygens (including phenoxy) is 2. The number of fused-ring (bicyclic) bond motifs is 3. The van der Waals surface area contributed by atoms with Crippen LogP contribution in [-0.4, -0.2) is 71.9 Å². The zero-order valence-electron chi connectivity index (χ0n) is 25.4. The number of hydrogen-bond donors (Lipinski definition) is 2. The smallest absolute Gasteiger partial charge is 0.306 e. The zero-order valence-corrected chi connectivity index (χ0v) is 26.2. The summed E-state index contributed by atoms with van der Waals surface area (Å²) >= 11 is 6.00. The molecular weight excluding hydrogens is 578 g/mol. The Morgan fingerprint density at radius 3 is 2.55 bits per heavy atom. The molecule has 0 atom stereocenters. The Morgan fingerprint density at radius 1 is 1.07 bits per heavy atom. The van der Waals surface area contributed by atoms with Gasteiger partial charge in [0, 0.05) is 48.9 Å². The van der Waals surface area contributed by atoms with E-state index in [9.17, 15) is 9.90 Å². The minimum atomic E-state index is -0.659. The summed E-state index contributed by atoms with van der Waals surface area (Å²) in [6, 6.07) is 13.9. The Kier molecular flexibility index (Phi) is 9.26. The van der Waals surface area contributed by atoms with Crippen LogP contribution in [0.4, 0.5) is 11.8 Å². The van der Waals surface area contributed by atoms with E-state index in [-0.39, 0.29) is 11.3 Å². The Hall–Kier alpha value is -3.40. The van der Waals surface area contributed by atoms with Gasteiger partial charge in [0.05, 0.1) is 24.8 Å². The van der Waals surface area contributed by atoms with Gasteiger partial charge in [-0.2, -0.15) is 4.98 Å². The summed E-state index contributed by atoms with van der Waals surface area (Å²) in [6.45, 7) is 8.61. The molecule has 2 heterocycles. The van der Waals surface area contributed by atoms with E-state index in [1.54, 1.807) is 0 Å². The number of anilines is 2. The number of rotatable bonds is 10. The third-order valence-electron chi connectivity index (χ3n) is 9.51. The molecule has 1 saturated carbocycles. The molecule has 10 heteroatoms. The van der Waals surface area contributed by atoms with Crippen molar-refractivity contribution in [1.29, 1.82) is 0 Å². The summed E-state index contributed by atoms with van der Waals surface area (Å²) in [6.07, 6.45) is 5.09. The van der Waals surface area contributed by atoms with E-state index < -0.39 is 5.97 Å². The van der Waals surface area contributed by atoms with Crippen molar-refractivity contribution in [2.75, 3.05) is 56.6 Å². The number of carbonyl (C=O) groups is 1. The number of nitrogens with two attached hydrogens (primary N) is 1. The lowest BCUT2D eigenvalue weighted by atomic mass is 9.72. The first-order valence-electron chi connectivity index (χ1n) is 15.7. The summed E-state index contributed by atoms with van der Waals surface area (Å²) in [5, 5.41) is 9.99. The maximum Gasteiger partial charge on any atom is 0.306 e. The maximum absolute atomic E-state index is 11.3. The van der Waals surface area contributed by atoms with Crippen LogP contribution in [-0.2, 0) is 29.0 Å². The van der Waals surface area contributed by atoms with Gasteiger partial charge < -0.3 is 25.2 Å². The molecule has 3 aromatic rings. The second-order valence-electron chi connectivity index (χ2n) is 12.8. The first kappa shape index (κ1) is 30.6. The number of aryl methyl sites for hydroxylation is 1. The quantitative estimate of drug-likeness (QED) is 0.285. The molecule has 2 aliphatic carbocycles. The Morgan fingerprint density at radius 2 is 1.82 bits per heavy atom. The SMILES string of the molecule is C[C@]1(COCCN2CCN(c3nc(N)nc4c3CCc3cc(OCc5ccc(Cl)cc5)ccc3-4)CC2)CC[C@H](C(=O)O)CC1. The van der Waals surface area contributed by atoms with E-state index in [0.29, 0.717) is 30.8 Å². The van der Waals surface area contributed by atoms with E-state index in [2.05, 4.69) is 28.9 Å². The standard InChI is InChI=1S/C34H42ClN5O4/c1-34(12-10-24(11-13-34)32(41)42)22-43-19-18-39-14-16-40(17-15-39)31-29-8-4-25-20-27(44-21-23-2-5-26(35)6-3-23)7-9-28(25)30(29)37-33(36)38-31/h2-3,5-7,9,20,24H,4,8,10-19,21-22H2,1H3,(H,41,42)(H2,36,37,38)/t24-,34-. The molecule has 1 aliphatic heterocycles. The predicted octanol–water partition coefficient (Wildman–Crippen LogP) is 5.48. The maximum atomic E-state index is 11.3. The van der Waals surface area contributed by atoms with Crippen molar-refractivity contribution in [3.05, 3.63) is 64.2 Å². The third kappa shape index (κ3) is 7.11. The van der Waals surface area contributed by atoms with E-state index in [1.807, 2.05) is 30.3 Å². The fourth-order valence-corrected chi connectivity index (χ4v) is 6.84. The highest BCUT2D eigenvalue weighted by molar-refractivity contribution is 6.30. The summed E-state index contributed by atoms with van der Waals surface area (Å²) < 4.78 is 12.2. The first-order chi connectivity index (χ1) is 21.3. The molecule has 0 radical (unpaired) electrons. The number of benzene rings is 2. The molecule has 0 bridgehead atoms. The summed E-state index contributed by atoms with van der Waals surface area (Å²) in [5.74, 6) is 1.25. The predicted molar refractivity (Wildman–Crippen MR) is 172 cm³/mol. The summed E-state index contributed by atoms with van der Waals surface area (Å²) in [4.78, 5) is 25.5. The Balaban J connectivity index is 1.02. The number of carboxylic acids is 1. The largest absolute Gasteiger partial charge is 0.489 e. The fraction of sp³-hybridized carbons (Fsp3) is 0.500. The molecule has 3 N–H and O–H groups in total. The highest BCUT2D eigenvalue weighted by atomic mass is 35.5. The molecule has 1 aromatic heterocycles. The Bertz CT molecular complexity index is 1470. The molecule has 44 heavy (non-hydrogen) atoms. The molecule has 9 nitrogen and oxygen atoms in total. The van der Waals surface area contributed by atoms with Crippen LogP contribution in [0.3, 0.4) is 0 Å². The monoisotopic (exact) mass is 619 g/mol. The van der Waals surface area contributed by atoms with Crippen LogP contribution in [0.1, 0.15) is 49.3 Å². The van der Waals surface area contributed by atoms with E-state index in [0.717, 1.165) is 99.6 Å². The van der Waals surface area contributed by atoms with Crippen LogP contribution in [0, 0.1) is 11.3 Å². The van der Waals surface area contributed by atoms with Crippen molar-refractivity contribution in [3.8, 4) is 17.0 Å². The number of nitrogen functional groups attached to an aromatic ring is 1. The highest BCUT2D eigenvalue weighted by Gasteiger charge is 2.34. The lowest BCUT2D eigenvalue weighted by Crippen LogP contribution is -2.48. The number of aromatic nitrogens is 2. The molecule has 0 spiro atoms. The Labute approximate surface area is 264 Å². The molecule has 3 aliphatic rings. The van der Waals surface area contributed by atoms with Gasteiger partial charge in [0.2, 0.25) is 5.95 Å². The van der Waals surface area contributed by atoms with Crippen LogP contribution < -0.4 is 15.4 Å². The van der Waals surface area contributed by atoms with Crippen LogP contribution in [0.2, 0.25) is 5.02 Å². The number of carboxylic acid groups (broad SMARTS) is 1. The van der Waals surface area contributed by atoms with Gasteiger partial charge in [0.25, 0.3) is 0 Å². The van der Waals surface area contributed by atoms with Crippen LogP contribution in [0.25, 0.3) is 11.3 Å². The second kappa shape index (κ2) is 13.3. The second-order valence-corrected chi connectivity index (χ2v) is 13.2. The average molecular weight is 620 g/mol. The van der Waals surface area contributed by atoms with Crippen molar-refractivity contribution in [2.24, 2.45) is 11.3 Å². The average Bonchev–Trinajstić information content (AvgIpc) is 3.03. The van der Waals surface area contributed by atoms with Crippen LogP contribution >= 0.6 is 11.6 Å². The minimum absolute atomic E-state index is 0.0846. The van der Waals surface area contributed by atoms with E-state index >= 15 is 0 Å². The molecule has 0 amide bonds. The summed E-state index contributed by atoms with van der Waals surface area (Å²) in [5.41, 5.74) is 11.8. The van der Waals surface area contributed by atoms with Gasteiger partial charge in [-0.05, 0) is 85.4 Å². The topological polar surface area (TPSA) is 114 Å². The van der Waals surface area contributed by atoms with Gasteiger partial charge in [-0.1, -0.05) is 30.7 Å². The van der Waals surface area contributed by atoms with Crippen molar-refractivity contribution in [3.63, 3.8) is 0 Å². The van der Waals surface area contributed by atoms with Crippen LogP contribution in [0.15, 0.2) is 42.5 Å². The molecule has 2 fully saturated rings. The number of aliphatic carboxylic acids is 1. The minimum Gasteiger partial charge on any atom is -0.489 e.